The van der Waals surface area contributed by atoms with Gasteiger partial charge in [0.15, 0.2) is 6.29 Å². The van der Waals surface area contributed by atoms with E-state index in [1.165, 1.54) is 11.1 Å². The second kappa shape index (κ2) is 5.12. The molecule has 0 saturated carbocycles. The number of hydrogen-bond donors (Lipinski definition) is 0. The summed E-state index contributed by atoms with van der Waals surface area (Å²) in [6.07, 6.45) is 2.53. The lowest BCUT2D eigenvalue weighted by molar-refractivity contribution is 0.111. The third kappa shape index (κ3) is 2.32. The molecular formula is C14H17N3O. The highest BCUT2D eigenvalue weighted by atomic mass is 16.1. The molecule has 0 saturated heterocycles. The highest BCUT2D eigenvalue weighted by molar-refractivity contribution is 5.73. The molecule has 94 valence electrons. The van der Waals surface area contributed by atoms with Crippen molar-refractivity contribution >= 4 is 6.29 Å². The minimum Gasteiger partial charge on any atom is -0.296 e. The first kappa shape index (κ1) is 12.5. The third-order valence-electron chi connectivity index (χ3n) is 2.84. The van der Waals surface area contributed by atoms with Gasteiger partial charge in [0.1, 0.15) is 5.69 Å². The monoisotopic (exact) mass is 243 g/mol. The molecule has 2 aromatic rings. The molecule has 4 nitrogen and oxygen atoms in total. The van der Waals surface area contributed by atoms with E-state index in [2.05, 4.69) is 35.4 Å². The van der Waals surface area contributed by atoms with Crippen molar-refractivity contribution in [1.82, 2.24) is 15.0 Å². The highest BCUT2D eigenvalue weighted by Gasteiger charge is 2.13. The molecule has 2 rings (SSSR count). The SMILES string of the molecule is CCCc1c(C=O)nnn1-c1cc(C)cc(C)c1. The number of carbonyl (C=O) groups excluding carboxylic acids is 1. The molecule has 0 aliphatic carbocycles. The molecule has 0 bridgehead atoms. The van der Waals surface area contributed by atoms with Crippen molar-refractivity contribution in [2.75, 3.05) is 0 Å². The summed E-state index contributed by atoms with van der Waals surface area (Å²) in [4.78, 5) is 11.0. The molecule has 0 atom stereocenters. The fourth-order valence-electron chi connectivity index (χ4n) is 2.16. The number of aromatic nitrogens is 3. The van der Waals surface area contributed by atoms with Gasteiger partial charge in [-0.15, -0.1) is 5.10 Å². The van der Waals surface area contributed by atoms with Gasteiger partial charge in [0, 0.05) is 0 Å². The van der Waals surface area contributed by atoms with Crippen LogP contribution in [0.3, 0.4) is 0 Å². The van der Waals surface area contributed by atoms with Crippen LogP contribution in [0, 0.1) is 13.8 Å². The van der Waals surface area contributed by atoms with Crippen LogP contribution in [0.1, 0.15) is 40.7 Å². The van der Waals surface area contributed by atoms with Gasteiger partial charge in [-0.05, 0) is 43.5 Å². The molecule has 0 amide bonds. The number of rotatable bonds is 4. The summed E-state index contributed by atoms with van der Waals surface area (Å²) in [5, 5.41) is 8.03. The van der Waals surface area contributed by atoms with Crippen molar-refractivity contribution in [3.63, 3.8) is 0 Å². The van der Waals surface area contributed by atoms with E-state index in [1.54, 1.807) is 4.68 Å². The van der Waals surface area contributed by atoms with E-state index in [-0.39, 0.29) is 0 Å². The minimum absolute atomic E-state index is 0.441. The second-order valence-corrected chi connectivity index (χ2v) is 4.55. The Morgan fingerprint density at radius 2 is 1.89 bits per heavy atom. The molecule has 0 N–H and O–H groups in total. The van der Waals surface area contributed by atoms with Gasteiger partial charge in [0.05, 0.1) is 11.4 Å². The van der Waals surface area contributed by atoms with E-state index in [4.69, 9.17) is 0 Å². The smallest absolute Gasteiger partial charge is 0.172 e. The van der Waals surface area contributed by atoms with Crippen LogP contribution in [0.2, 0.25) is 0 Å². The van der Waals surface area contributed by atoms with Gasteiger partial charge in [-0.1, -0.05) is 24.6 Å². The number of aldehydes is 1. The zero-order valence-corrected chi connectivity index (χ0v) is 11.0. The maximum absolute atomic E-state index is 11.0. The minimum atomic E-state index is 0.441. The van der Waals surface area contributed by atoms with Crippen LogP contribution in [-0.4, -0.2) is 21.3 Å². The number of aryl methyl sites for hydroxylation is 2. The number of benzene rings is 1. The second-order valence-electron chi connectivity index (χ2n) is 4.55. The Balaban J connectivity index is 2.55. The fraction of sp³-hybridized carbons (Fsp3) is 0.357. The van der Waals surface area contributed by atoms with Crippen LogP contribution in [0.25, 0.3) is 5.69 Å². The van der Waals surface area contributed by atoms with Crippen molar-refractivity contribution in [2.24, 2.45) is 0 Å². The van der Waals surface area contributed by atoms with Crippen LogP contribution in [0.15, 0.2) is 18.2 Å². The Hall–Kier alpha value is -1.97. The van der Waals surface area contributed by atoms with E-state index in [9.17, 15) is 4.79 Å². The lowest BCUT2D eigenvalue weighted by atomic mass is 10.1. The van der Waals surface area contributed by atoms with Crippen molar-refractivity contribution in [3.05, 3.63) is 40.7 Å². The normalized spacial score (nSPS) is 10.6. The summed E-state index contributed by atoms with van der Waals surface area (Å²) >= 11 is 0. The van der Waals surface area contributed by atoms with Crippen LogP contribution in [0.4, 0.5) is 0 Å². The molecule has 1 heterocycles. The molecule has 0 unspecified atom stereocenters. The fourth-order valence-corrected chi connectivity index (χ4v) is 2.16. The molecule has 0 radical (unpaired) electrons. The van der Waals surface area contributed by atoms with E-state index < -0.39 is 0 Å². The van der Waals surface area contributed by atoms with E-state index >= 15 is 0 Å². The number of carbonyl (C=O) groups is 1. The lowest BCUT2D eigenvalue weighted by Crippen LogP contribution is -2.04. The van der Waals surface area contributed by atoms with Gasteiger partial charge < -0.3 is 0 Å². The average Bonchev–Trinajstić information content (AvgIpc) is 2.71. The highest BCUT2D eigenvalue weighted by Crippen LogP contribution is 2.17. The number of nitrogens with zero attached hydrogens (tertiary/aromatic N) is 3. The molecule has 18 heavy (non-hydrogen) atoms. The lowest BCUT2D eigenvalue weighted by Gasteiger charge is -2.08. The van der Waals surface area contributed by atoms with Crippen LogP contribution < -0.4 is 0 Å². The van der Waals surface area contributed by atoms with Gasteiger partial charge in [0.2, 0.25) is 0 Å². The van der Waals surface area contributed by atoms with Crippen LogP contribution in [-0.2, 0) is 6.42 Å². The first-order valence-electron chi connectivity index (χ1n) is 6.14. The van der Waals surface area contributed by atoms with E-state index in [0.29, 0.717) is 5.69 Å². The maximum Gasteiger partial charge on any atom is 0.172 e. The predicted molar refractivity (Wildman–Crippen MR) is 70.2 cm³/mol. The number of hydrogen-bond acceptors (Lipinski definition) is 3. The molecule has 4 heteroatoms. The van der Waals surface area contributed by atoms with Crippen molar-refractivity contribution < 1.29 is 4.79 Å². The topological polar surface area (TPSA) is 47.8 Å². The molecule has 1 aromatic carbocycles. The predicted octanol–water partition coefficient (Wildman–Crippen LogP) is 2.65. The quantitative estimate of drug-likeness (QED) is 0.776. The molecular weight excluding hydrogens is 226 g/mol. The zero-order chi connectivity index (χ0) is 13.1. The Morgan fingerprint density at radius 1 is 1.22 bits per heavy atom. The summed E-state index contributed by atoms with van der Waals surface area (Å²) in [6.45, 7) is 6.18. The van der Waals surface area contributed by atoms with Crippen molar-refractivity contribution in [2.45, 2.75) is 33.6 Å². The van der Waals surface area contributed by atoms with Gasteiger partial charge in [0.25, 0.3) is 0 Å². The Bertz CT molecular complexity index is 552. The Labute approximate surface area is 107 Å². The first-order valence-corrected chi connectivity index (χ1v) is 6.14. The largest absolute Gasteiger partial charge is 0.296 e. The molecule has 0 aliphatic heterocycles. The zero-order valence-electron chi connectivity index (χ0n) is 11.0. The van der Waals surface area contributed by atoms with Gasteiger partial charge in [-0.2, -0.15) is 0 Å². The Morgan fingerprint density at radius 3 is 2.44 bits per heavy atom. The van der Waals surface area contributed by atoms with Gasteiger partial charge in [-0.25, -0.2) is 4.68 Å². The summed E-state index contributed by atoms with van der Waals surface area (Å²) < 4.78 is 1.77. The standard InChI is InChI=1S/C14H17N3O/c1-4-5-14-13(9-18)15-16-17(14)12-7-10(2)6-11(3)8-12/h6-9H,4-5H2,1-3H3. The third-order valence-corrected chi connectivity index (χ3v) is 2.84. The van der Waals surface area contributed by atoms with Crippen molar-refractivity contribution in [1.29, 1.82) is 0 Å². The first-order chi connectivity index (χ1) is 8.65. The molecule has 0 fully saturated rings. The summed E-state index contributed by atoms with van der Waals surface area (Å²) in [5.74, 6) is 0. The Kier molecular flexibility index (Phi) is 3.55. The van der Waals surface area contributed by atoms with Crippen molar-refractivity contribution in [3.8, 4) is 5.69 Å². The van der Waals surface area contributed by atoms with E-state index in [1.807, 2.05) is 13.8 Å². The average molecular weight is 243 g/mol. The molecule has 0 spiro atoms. The maximum atomic E-state index is 11.0. The van der Waals surface area contributed by atoms with Gasteiger partial charge >= 0.3 is 0 Å². The molecule has 1 aromatic heterocycles. The summed E-state index contributed by atoms with van der Waals surface area (Å²) in [5.41, 5.74) is 4.65. The van der Waals surface area contributed by atoms with E-state index in [0.717, 1.165) is 30.5 Å². The summed E-state index contributed by atoms with van der Waals surface area (Å²) in [6, 6.07) is 6.21. The van der Waals surface area contributed by atoms with Crippen LogP contribution >= 0.6 is 0 Å². The molecule has 0 aliphatic rings. The van der Waals surface area contributed by atoms with Crippen LogP contribution in [0.5, 0.6) is 0 Å². The summed E-state index contributed by atoms with van der Waals surface area (Å²) in [7, 11) is 0. The van der Waals surface area contributed by atoms with Gasteiger partial charge in [-0.3, -0.25) is 4.79 Å².